The Kier molecular flexibility index (Phi) is 8.20. The smallest absolute Gasteiger partial charge is 0.330 e. The lowest BCUT2D eigenvalue weighted by Crippen LogP contribution is -2.28. The molecule has 0 amide bonds. The fourth-order valence-electron chi connectivity index (χ4n) is 1.21. The molecule has 0 heterocycles. The molecule has 0 aliphatic carbocycles. The van der Waals surface area contributed by atoms with Gasteiger partial charge in [0.25, 0.3) is 0 Å². The average molecular weight is 244 g/mol. The predicted octanol–water partition coefficient (Wildman–Crippen LogP) is 2.20. The van der Waals surface area contributed by atoms with Crippen LogP contribution < -0.4 is 0 Å². The number of carbonyl (C=O) groups is 1. The van der Waals surface area contributed by atoms with Crippen molar-refractivity contribution in [1.29, 1.82) is 0 Å². The fourth-order valence-corrected chi connectivity index (χ4v) is 2.66. The van der Waals surface area contributed by atoms with Gasteiger partial charge in [0.15, 0.2) is 9.76 Å². The summed E-state index contributed by atoms with van der Waals surface area (Å²) in [5.74, 6) is -0.338. The molecule has 0 spiro atoms. The van der Waals surface area contributed by atoms with Crippen LogP contribution >= 0.6 is 0 Å². The standard InChI is InChI=1S/C12H24O3Si/c1-5-11(13)14-9-8-10-16-15-12(4,6-2)7-3/h5H,1,6-10,16H2,2-4H3. The third kappa shape index (κ3) is 6.79. The topological polar surface area (TPSA) is 35.5 Å². The summed E-state index contributed by atoms with van der Waals surface area (Å²) in [4.78, 5) is 10.7. The minimum atomic E-state index is -0.483. The van der Waals surface area contributed by atoms with E-state index in [0.717, 1.165) is 25.3 Å². The van der Waals surface area contributed by atoms with Crippen molar-refractivity contribution in [1.82, 2.24) is 0 Å². The van der Waals surface area contributed by atoms with Crippen molar-refractivity contribution in [3.8, 4) is 0 Å². The highest BCUT2D eigenvalue weighted by Gasteiger charge is 2.18. The highest BCUT2D eigenvalue weighted by molar-refractivity contribution is 6.27. The van der Waals surface area contributed by atoms with E-state index in [0.29, 0.717) is 6.61 Å². The molecule has 0 aromatic heterocycles. The average Bonchev–Trinajstić information content (AvgIpc) is 2.32. The molecule has 0 saturated heterocycles. The van der Waals surface area contributed by atoms with E-state index in [2.05, 4.69) is 27.4 Å². The van der Waals surface area contributed by atoms with Crippen molar-refractivity contribution in [2.24, 2.45) is 0 Å². The Morgan fingerprint density at radius 3 is 2.56 bits per heavy atom. The third-order valence-electron chi connectivity index (χ3n) is 2.90. The minimum Gasteiger partial charge on any atom is -0.463 e. The van der Waals surface area contributed by atoms with Crippen LogP contribution in [-0.4, -0.2) is 27.9 Å². The highest BCUT2D eigenvalue weighted by atomic mass is 28.2. The third-order valence-corrected chi connectivity index (χ3v) is 4.59. The lowest BCUT2D eigenvalue weighted by molar-refractivity contribution is -0.137. The van der Waals surface area contributed by atoms with Crippen LogP contribution in [0.15, 0.2) is 12.7 Å². The number of esters is 1. The van der Waals surface area contributed by atoms with Crippen LogP contribution in [0.4, 0.5) is 0 Å². The molecule has 0 aliphatic rings. The second-order valence-corrected chi connectivity index (χ2v) is 5.49. The van der Waals surface area contributed by atoms with E-state index in [9.17, 15) is 4.79 Å². The van der Waals surface area contributed by atoms with Gasteiger partial charge in [0.1, 0.15) is 0 Å². The summed E-state index contributed by atoms with van der Waals surface area (Å²) < 4.78 is 10.8. The molecule has 0 aromatic carbocycles. The monoisotopic (exact) mass is 244 g/mol. The first kappa shape index (κ1) is 15.4. The summed E-state index contributed by atoms with van der Waals surface area (Å²) >= 11 is 0. The predicted molar refractivity (Wildman–Crippen MR) is 69.2 cm³/mol. The summed E-state index contributed by atoms with van der Waals surface area (Å²) in [6.45, 7) is 10.3. The molecule has 0 radical (unpaired) electrons. The van der Waals surface area contributed by atoms with Crippen molar-refractivity contribution in [3.63, 3.8) is 0 Å². The summed E-state index contributed by atoms with van der Waals surface area (Å²) in [6, 6.07) is 1.06. The van der Waals surface area contributed by atoms with Crippen LogP contribution in [-0.2, 0) is 14.0 Å². The highest BCUT2D eigenvalue weighted by Crippen LogP contribution is 2.18. The molecular formula is C12H24O3Si. The van der Waals surface area contributed by atoms with E-state index >= 15 is 0 Å². The number of carbonyl (C=O) groups excluding carboxylic acids is 1. The van der Waals surface area contributed by atoms with Gasteiger partial charge >= 0.3 is 5.97 Å². The molecule has 16 heavy (non-hydrogen) atoms. The first-order valence-corrected chi connectivity index (χ1v) is 7.59. The molecule has 0 aliphatic heterocycles. The zero-order valence-corrected chi connectivity index (χ0v) is 12.2. The van der Waals surface area contributed by atoms with Crippen LogP contribution in [0.5, 0.6) is 0 Å². The zero-order chi connectivity index (χ0) is 12.4. The maximum Gasteiger partial charge on any atom is 0.330 e. The van der Waals surface area contributed by atoms with Crippen molar-refractivity contribution >= 4 is 15.7 Å². The minimum absolute atomic E-state index is 0.0595. The van der Waals surface area contributed by atoms with Gasteiger partial charge in [0.2, 0.25) is 0 Å². The molecule has 94 valence electrons. The Morgan fingerprint density at radius 2 is 2.06 bits per heavy atom. The van der Waals surface area contributed by atoms with Crippen LogP contribution in [0.3, 0.4) is 0 Å². The molecule has 0 bridgehead atoms. The van der Waals surface area contributed by atoms with Gasteiger partial charge in [-0.2, -0.15) is 0 Å². The Labute approximate surface area is 101 Å². The molecule has 4 heteroatoms. The van der Waals surface area contributed by atoms with Gasteiger partial charge in [-0.1, -0.05) is 20.4 Å². The molecule has 0 aromatic rings. The number of hydrogen-bond donors (Lipinski definition) is 0. The molecule has 0 unspecified atom stereocenters. The fraction of sp³-hybridized carbons (Fsp3) is 0.750. The van der Waals surface area contributed by atoms with Crippen molar-refractivity contribution in [2.45, 2.75) is 51.7 Å². The normalized spacial score (nSPS) is 11.9. The Bertz CT molecular complexity index is 212. The summed E-state index contributed by atoms with van der Waals surface area (Å²) in [6.07, 6.45) is 4.21. The Morgan fingerprint density at radius 1 is 1.44 bits per heavy atom. The van der Waals surface area contributed by atoms with Crippen molar-refractivity contribution < 1.29 is 14.0 Å². The van der Waals surface area contributed by atoms with Crippen LogP contribution in [0.2, 0.25) is 6.04 Å². The second-order valence-electron chi connectivity index (χ2n) is 4.08. The second kappa shape index (κ2) is 8.53. The van der Waals surface area contributed by atoms with Gasteiger partial charge in [-0.15, -0.1) is 0 Å². The molecule has 3 nitrogen and oxygen atoms in total. The first-order chi connectivity index (χ1) is 7.58. The summed E-state index contributed by atoms with van der Waals surface area (Å²) in [7, 11) is -0.483. The Hall–Kier alpha value is -0.613. The van der Waals surface area contributed by atoms with Crippen molar-refractivity contribution in [3.05, 3.63) is 12.7 Å². The molecule has 0 fully saturated rings. The van der Waals surface area contributed by atoms with E-state index in [-0.39, 0.29) is 11.6 Å². The largest absolute Gasteiger partial charge is 0.463 e. The maximum atomic E-state index is 10.7. The van der Waals surface area contributed by atoms with Gasteiger partial charge in [-0.3, -0.25) is 0 Å². The van der Waals surface area contributed by atoms with Gasteiger partial charge in [0.05, 0.1) is 12.2 Å². The Balaban J connectivity index is 3.46. The van der Waals surface area contributed by atoms with E-state index in [4.69, 9.17) is 9.16 Å². The first-order valence-electron chi connectivity index (χ1n) is 6.01. The van der Waals surface area contributed by atoms with Gasteiger partial charge < -0.3 is 9.16 Å². The summed E-state index contributed by atoms with van der Waals surface area (Å²) in [5, 5.41) is 0. The molecule has 0 saturated carbocycles. The van der Waals surface area contributed by atoms with E-state index in [1.54, 1.807) is 0 Å². The number of hydrogen-bond acceptors (Lipinski definition) is 3. The molecule has 0 rings (SSSR count). The zero-order valence-electron chi connectivity index (χ0n) is 10.8. The lowest BCUT2D eigenvalue weighted by atomic mass is 10.0. The van der Waals surface area contributed by atoms with Crippen molar-refractivity contribution in [2.75, 3.05) is 6.61 Å². The number of ether oxygens (including phenoxy) is 1. The van der Waals surface area contributed by atoms with Crippen LogP contribution in [0.1, 0.15) is 40.0 Å². The van der Waals surface area contributed by atoms with E-state index in [1.807, 2.05) is 0 Å². The van der Waals surface area contributed by atoms with Crippen LogP contribution in [0.25, 0.3) is 0 Å². The van der Waals surface area contributed by atoms with Gasteiger partial charge in [-0.25, -0.2) is 4.79 Å². The molecule has 0 atom stereocenters. The molecular weight excluding hydrogens is 220 g/mol. The van der Waals surface area contributed by atoms with E-state index < -0.39 is 9.76 Å². The SMILES string of the molecule is C=CC(=O)OCCC[SiH2]OC(C)(CC)CC. The van der Waals surface area contributed by atoms with Gasteiger partial charge in [0, 0.05) is 6.08 Å². The molecule has 0 N–H and O–H groups in total. The van der Waals surface area contributed by atoms with E-state index in [1.165, 1.54) is 6.08 Å². The van der Waals surface area contributed by atoms with Crippen LogP contribution in [0, 0.1) is 0 Å². The maximum absolute atomic E-state index is 10.7. The quantitative estimate of drug-likeness (QED) is 0.270. The van der Waals surface area contributed by atoms with Gasteiger partial charge in [-0.05, 0) is 32.2 Å². The lowest BCUT2D eigenvalue weighted by Gasteiger charge is -2.27. The summed E-state index contributed by atoms with van der Waals surface area (Å²) in [5.41, 5.74) is 0.0595. The number of rotatable bonds is 9.